The number of allylic oxidation sites excluding steroid dienone is 1. The first-order valence-corrected chi connectivity index (χ1v) is 11.5. The number of hydrogen-bond acceptors (Lipinski definition) is 3. The van der Waals surface area contributed by atoms with Crippen LogP contribution in [0.15, 0.2) is 91.4 Å². The number of aromatic nitrogens is 1. The summed E-state index contributed by atoms with van der Waals surface area (Å²) in [6, 6.07) is 22.7. The number of nitrogens with zero attached hydrogens (tertiary/aromatic N) is 3. The summed E-state index contributed by atoms with van der Waals surface area (Å²) in [5, 5.41) is 0. The Morgan fingerprint density at radius 2 is 1.66 bits per heavy atom. The van der Waals surface area contributed by atoms with Crippen LogP contribution in [0.25, 0.3) is 0 Å². The Labute approximate surface area is 190 Å². The summed E-state index contributed by atoms with van der Waals surface area (Å²) in [6.45, 7) is 2.93. The Balaban J connectivity index is 1.23. The minimum Gasteiger partial charge on any atom is -0.378 e. The van der Waals surface area contributed by atoms with Crippen LogP contribution in [0.2, 0.25) is 0 Å². The van der Waals surface area contributed by atoms with E-state index in [1.807, 2.05) is 11.0 Å². The predicted molar refractivity (Wildman–Crippen MR) is 129 cm³/mol. The van der Waals surface area contributed by atoms with Crippen molar-refractivity contribution in [2.45, 2.75) is 25.2 Å². The minimum absolute atomic E-state index is 0.0728. The van der Waals surface area contributed by atoms with Crippen LogP contribution >= 0.6 is 0 Å². The second-order valence-electron chi connectivity index (χ2n) is 8.76. The van der Waals surface area contributed by atoms with Gasteiger partial charge in [-0.2, -0.15) is 0 Å². The first-order chi connectivity index (χ1) is 15.8. The number of para-hydroxylation sites is 1. The molecule has 0 N–H and O–H groups in total. The van der Waals surface area contributed by atoms with Crippen LogP contribution in [0, 0.1) is 5.92 Å². The fraction of sp³-hybridized carbons (Fsp3) is 0.286. The summed E-state index contributed by atoms with van der Waals surface area (Å²) in [4.78, 5) is 21.7. The Morgan fingerprint density at radius 1 is 0.938 bits per heavy atom. The van der Waals surface area contributed by atoms with E-state index in [2.05, 4.69) is 70.7 Å². The molecule has 4 nitrogen and oxygen atoms in total. The number of carbonyl (C=O) groups excluding carboxylic acids is 1. The third-order valence-electron chi connectivity index (χ3n) is 6.83. The lowest BCUT2D eigenvalue weighted by atomic mass is 9.81. The van der Waals surface area contributed by atoms with Crippen LogP contribution in [-0.4, -0.2) is 35.4 Å². The van der Waals surface area contributed by atoms with Crippen LogP contribution in [0.5, 0.6) is 0 Å². The zero-order chi connectivity index (χ0) is 21.8. The molecule has 0 bridgehead atoms. The van der Waals surface area contributed by atoms with Gasteiger partial charge in [0.15, 0.2) is 0 Å². The molecule has 1 atom stereocenters. The number of fused-ring (bicyclic) bond motifs is 1. The van der Waals surface area contributed by atoms with Crippen molar-refractivity contribution >= 4 is 11.6 Å². The zero-order valence-corrected chi connectivity index (χ0v) is 18.3. The fourth-order valence-electron chi connectivity index (χ4n) is 5.11. The van der Waals surface area contributed by atoms with E-state index in [4.69, 9.17) is 0 Å². The molecule has 2 aliphatic heterocycles. The van der Waals surface area contributed by atoms with Gasteiger partial charge in [0.25, 0.3) is 5.91 Å². The second kappa shape index (κ2) is 9.39. The molecule has 5 rings (SSSR count). The molecule has 1 amide bonds. The monoisotopic (exact) mass is 423 g/mol. The number of pyridine rings is 1. The number of hydrogen-bond donors (Lipinski definition) is 0. The molecule has 1 aromatic heterocycles. The number of amides is 1. The van der Waals surface area contributed by atoms with Crippen molar-refractivity contribution in [3.63, 3.8) is 0 Å². The molecule has 3 heterocycles. The largest absolute Gasteiger partial charge is 0.378 e. The van der Waals surface area contributed by atoms with Gasteiger partial charge >= 0.3 is 0 Å². The minimum atomic E-state index is 0.0728. The van der Waals surface area contributed by atoms with Crippen molar-refractivity contribution in [3.8, 4) is 0 Å². The second-order valence-corrected chi connectivity index (χ2v) is 8.76. The molecule has 1 unspecified atom stereocenters. The van der Waals surface area contributed by atoms with Gasteiger partial charge in [0.2, 0.25) is 0 Å². The van der Waals surface area contributed by atoms with Crippen molar-refractivity contribution in [2.24, 2.45) is 5.92 Å². The predicted octanol–water partition coefficient (Wildman–Crippen LogP) is 5.29. The Kier molecular flexibility index (Phi) is 6.02. The van der Waals surface area contributed by atoms with E-state index in [0.29, 0.717) is 17.4 Å². The normalized spacial score (nSPS) is 18.8. The highest BCUT2D eigenvalue weighted by Gasteiger charge is 2.37. The molecule has 1 saturated heterocycles. The van der Waals surface area contributed by atoms with Crippen molar-refractivity contribution in [2.75, 3.05) is 24.5 Å². The van der Waals surface area contributed by atoms with Crippen molar-refractivity contribution in [3.05, 3.63) is 108 Å². The Morgan fingerprint density at radius 3 is 2.44 bits per heavy atom. The lowest BCUT2D eigenvalue weighted by molar-refractivity contribution is 0.0985. The molecular formula is C28H29N3O. The van der Waals surface area contributed by atoms with Gasteiger partial charge in [-0.05, 0) is 60.7 Å². The van der Waals surface area contributed by atoms with Crippen molar-refractivity contribution < 1.29 is 4.79 Å². The summed E-state index contributed by atoms with van der Waals surface area (Å²) in [5.74, 6) is 1.08. The van der Waals surface area contributed by atoms with Crippen LogP contribution in [-0.2, 0) is 6.42 Å². The zero-order valence-electron chi connectivity index (χ0n) is 18.3. The third kappa shape index (κ3) is 4.31. The summed E-state index contributed by atoms with van der Waals surface area (Å²) in [7, 11) is 0. The lowest BCUT2D eigenvalue weighted by Crippen LogP contribution is -2.35. The number of rotatable bonds is 5. The average molecular weight is 424 g/mol. The van der Waals surface area contributed by atoms with Gasteiger partial charge in [-0.1, -0.05) is 54.6 Å². The van der Waals surface area contributed by atoms with E-state index in [1.54, 1.807) is 24.5 Å². The Hall–Kier alpha value is -3.40. The molecule has 162 valence electrons. The highest BCUT2D eigenvalue weighted by Crippen LogP contribution is 2.44. The molecule has 4 heteroatoms. The molecule has 0 radical (unpaired) electrons. The van der Waals surface area contributed by atoms with Crippen LogP contribution in [0.3, 0.4) is 0 Å². The van der Waals surface area contributed by atoms with E-state index < -0.39 is 0 Å². The fourth-order valence-corrected chi connectivity index (χ4v) is 5.11. The smallest absolute Gasteiger partial charge is 0.258 e. The van der Waals surface area contributed by atoms with Gasteiger partial charge in [-0.3, -0.25) is 9.78 Å². The molecule has 3 aromatic rings. The first kappa shape index (κ1) is 20.5. The maximum atomic E-state index is 13.2. The van der Waals surface area contributed by atoms with Gasteiger partial charge < -0.3 is 9.80 Å². The molecule has 2 aromatic carbocycles. The van der Waals surface area contributed by atoms with Crippen LogP contribution < -0.4 is 4.90 Å². The van der Waals surface area contributed by atoms with Gasteiger partial charge in [0.05, 0.1) is 0 Å². The van der Waals surface area contributed by atoms with Crippen LogP contribution in [0.4, 0.5) is 5.69 Å². The highest BCUT2D eigenvalue weighted by molar-refractivity contribution is 6.07. The number of piperidine rings is 1. The maximum absolute atomic E-state index is 13.2. The first-order valence-electron chi connectivity index (χ1n) is 11.5. The van der Waals surface area contributed by atoms with Crippen molar-refractivity contribution in [1.82, 2.24) is 9.88 Å². The van der Waals surface area contributed by atoms with E-state index in [1.165, 1.54) is 11.1 Å². The standard InChI is InChI=1S/C28H29N3O/c32-28(24-12-16-29-17-13-24)31-21-26(25-10-4-5-11-27(25)31)23-14-19-30(20-15-23)18-6-9-22-7-2-1-3-8-22/h1-8,10-13,16-18,23,26H,9,14-15,19-21H2. The van der Waals surface area contributed by atoms with Gasteiger partial charge in [-0.25, -0.2) is 0 Å². The lowest BCUT2D eigenvalue weighted by Gasteiger charge is -2.34. The average Bonchev–Trinajstić information content (AvgIpc) is 3.25. The van der Waals surface area contributed by atoms with E-state index >= 15 is 0 Å². The van der Waals surface area contributed by atoms with E-state index in [0.717, 1.165) is 44.6 Å². The van der Waals surface area contributed by atoms with Gasteiger partial charge in [0.1, 0.15) is 0 Å². The number of benzene rings is 2. The molecule has 0 spiro atoms. The maximum Gasteiger partial charge on any atom is 0.258 e. The molecule has 0 saturated carbocycles. The summed E-state index contributed by atoms with van der Waals surface area (Å²) < 4.78 is 0. The van der Waals surface area contributed by atoms with Gasteiger partial charge in [-0.15, -0.1) is 0 Å². The Bertz CT molecular complexity index is 1070. The van der Waals surface area contributed by atoms with Crippen molar-refractivity contribution in [1.29, 1.82) is 0 Å². The van der Waals surface area contributed by atoms with E-state index in [9.17, 15) is 4.79 Å². The summed E-state index contributed by atoms with van der Waals surface area (Å²) in [5.41, 5.74) is 4.45. The molecule has 0 aliphatic carbocycles. The topological polar surface area (TPSA) is 36.4 Å². The summed E-state index contributed by atoms with van der Waals surface area (Å²) in [6.07, 6.45) is 11.2. The SMILES string of the molecule is O=C(c1ccncc1)N1CC(C2CCN(C=CCc3ccccc3)CC2)c2ccccc21. The number of anilines is 1. The highest BCUT2D eigenvalue weighted by atomic mass is 16.2. The summed E-state index contributed by atoms with van der Waals surface area (Å²) >= 11 is 0. The quantitative estimate of drug-likeness (QED) is 0.559. The molecule has 32 heavy (non-hydrogen) atoms. The number of carbonyl (C=O) groups is 1. The third-order valence-corrected chi connectivity index (χ3v) is 6.83. The van der Waals surface area contributed by atoms with Crippen LogP contribution in [0.1, 0.15) is 40.2 Å². The molecular weight excluding hydrogens is 394 g/mol. The van der Waals surface area contributed by atoms with E-state index in [-0.39, 0.29) is 5.91 Å². The number of likely N-dealkylation sites (tertiary alicyclic amines) is 1. The van der Waals surface area contributed by atoms with Gasteiger partial charge in [0, 0.05) is 49.2 Å². The molecule has 2 aliphatic rings. The molecule has 1 fully saturated rings.